The number of fused-ring (bicyclic) bond motifs is 2. The lowest BCUT2D eigenvalue weighted by molar-refractivity contribution is -0.112. The molecular weight excluding hydrogens is 162 g/mol. The summed E-state index contributed by atoms with van der Waals surface area (Å²) in [7, 11) is 0. The van der Waals surface area contributed by atoms with E-state index in [4.69, 9.17) is 0 Å². The molecule has 2 fully saturated rings. The molecule has 2 rings (SSSR count). The van der Waals surface area contributed by atoms with Crippen LogP contribution in [-0.4, -0.2) is 12.5 Å². The van der Waals surface area contributed by atoms with Crippen molar-refractivity contribution in [3.63, 3.8) is 0 Å². The maximum Gasteiger partial charge on any atom is 0.207 e. The third-order valence-electron chi connectivity index (χ3n) is 4.50. The van der Waals surface area contributed by atoms with Crippen LogP contribution < -0.4 is 5.32 Å². The fourth-order valence-electron chi connectivity index (χ4n) is 3.79. The van der Waals surface area contributed by atoms with E-state index in [1.807, 2.05) is 0 Å². The Morgan fingerprint density at radius 1 is 1.38 bits per heavy atom. The quantitative estimate of drug-likeness (QED) is 0.648. The van der Waals surface area contributed by atoms with Gasteiger partial charge in [-0.1, -0.05) is 20.8 Å². The highest BCUT2D eigenvalue weighted by molar-refractivity contribution is 5.48. The van der Waals surface area contributed by atoms with E-state index in [1.54, 1.807) is 0 Å². The van der Waals surface area contributed by atoms with Crippen LogP contribution in [0.1, 0.15) is 40.0 Å². The number of hydrogen-bond donors (Lipinski definition) is 1. The second-order valence-electron chi connectivity index (χ2n) is 5.63. The molecule has 2 aliphatic carbocycles. The summed E-state index contributed by atoms with van der Waals surface area (Å²) in [6.45, 7) is 6.91. The maximum atomic E-state index is 10.6. The van der Waals surface area contributed by atoms with Crippen LogP contribution in [0.25, 0.3) is 0 Å². The lowest BCUT2D eigenvalue weighted by Crippen LogP contribution is -2.49. The van der Waals surface area contributed by atoms with Crippen molar-refractivity contribution >= 4 is 6.41 Å². The summed E-state index contributed by atoms with van der Waals surface area (Å²) >= 11 is 0. The van der Waals surface area contributed by atoms with Crippen LogP contribution in [-0.2, 0) is 4.79 Å². The number of carbonyl (C=O) groups excluding carboxylic acids is 1. The second kappa shape index (κ2) is 2.49. The summed E-state index contributed by atoms with van der Waals surface area (Å²) < 4.78 is 0. The van der Waals surface area contributed by atoms with Gasteiger partial charge < -0.3 is 5.32 Å². The largest absolute Gasteiger partial charge is 0.355 e. The predicted molar refractivity (Wildman–Crippen MR) is 52.2 cm³/mol. The Morgan fingerprint density at radius 2 is 2.08 bits per heavy atom. The molecule has 0 unspecified atom stereocenters. The van der Waals surface area contributed by atoms with Crippen molar-refractivity contribution in [1.29, 1.82) is 0 Å². The molecule has 0 spiro atoms. The van der Waals surface area contributed by atoms with Gasteiger partial charge in [-0.05, 0) is 36.0 Å². The second-order valence-corrected chi connectivity index (χ2v) is 5.63. The van der Waals surface area contributed by atoms with Crippen molar-refractivity contribution in [2.24, 2.45) is 16.7 Å². The lowest BCUT2D eigenvalue weighted by Gasteiger charge is -2.42. The first-order valence-corrected chi connectivity index (χ1v) is 5.20. The van der Waals surface area contributed by atoms with Gasteiger partial charge in [0.15, 0.2) is 0 Å². The molecule has 13 heavy (non-hydrogen) atoms. The first-order chi connectivity index (χ1) is 6.00. The van der Waals surface area contributed by atoms with E-state index in [1.165, 1.54) is 19.3 Å². The van der Waals surface area contributed by atoms with Gasteiger partial charge in [-0.2, -0.15) is 0 Å². The number of carbonyl (C=O) groups is 1. The number of nitrogens with one attached hydrogen (secondary N) is 1. The molecular formula is C11H19NO. The SMILES string of the molecule is CC1(C)[C@H]2CC[C@](C)(C2)[C@H]1NC=O. The molecule has 1 N–H and O–H groups in total. The predicted octanol–water partition coefficient (Wildman–Crippen LogP) is 1.95. The molecule has 2 nitrogen and oxygen atoms in total. The van der Waals surface area contributed by atoms with Crippen LogP contribution in [0.5, 0.6) is 0 Å². The fourth-order valence-corrected chi connectivity index (χ4v) is 3.79. The average Bonchev–Trinajstić information content (AvgIpc) is 2.50. The number of hydrogen-bond acceptors (Lipinski definition) is 1. The van der Waals surface area contributed by atoms with Gasteiger partial charge in [0.1, 0.15) is 0 Å². The van der Waals surface area contributed by atoms with E-state index < -0.39 is 0 Å². The zero-order valence-electron chi connectivity index (χ0n) is 8.76. The molecule has 74 valence electrons. The van der Waals surface area contributed by atoms with Gasteiger partial charge in [0.2, 0.25) is 6.41 Å². The highest BCUT2D eigenvalue weighted by Crippen LogP contribution is 2.62. The van der Waals surface area contributed by atoms with Crippen LogP contribution in [0.4, 0.5) is 0 Å². The average molecular weight is 181 g/mol. The molecule has 3 atom stereocenters. The van der Waals surface area contributed by atoms with Gasteiger partial charge in [0.05, 0.1) is 0 Å². The number of rotatable bonds is 2. The molecule has 0 aromatic heterocycles. The Hall–Kier alpha value is -0.530. The van der Waals surface area contributed by atoms with Crippen LogP contribution >= 0.6 is 0 Å². The van der Waals surface area contributed by atoms with E-state index in [-0.39, 0.29) is 0 Å². The Kier molecular flexibility index (Phi) is 1.73. The number of amides is 1. The molecule has 2 aliphatic rings. The first kappa shape index (κ1) is 9.04. The molecule has 0 aromatic carbocycles. The van der Waals surface area contributed by atoms with E-state index in [9.17, 15) is 4.79 Å². The van der Waals surface area contributed by atoms with Gasteiger partial charge >= 0.3 is 0 Å². The van der Waals surface area contributed by atoms with Crippen molar-refractivity contribution in [3.05, 3.63) is 0 Å². The molecule has 1 amide bonds. The zero-order valence-corrected chi connectivity index (χ0v) is 8.76. The molecule has 0 saturated heterocycles. The minimum atomic E-state index is 0.300. The minimum Gasteiger partial charge on any atom is -0.355 e. The van der Waals surface area contributed by atoms with E-state index >= 15 is 0 Å². The highest BCUT2D eigenvalue weighted by Gasteiger charge is 2.59. The van der Waals surface area contributed by atoms with E-state index in [0.29, 0.717) is 16.9 Å². The first-order valence-electron chi connectivity index (χ1n) is 5.20. The topological polar surface area (TPSA) is 29.1 Å². The zero-order chi connectivity index (χ0) is 9.69. The Labute approximate surface area is 80.1 Å². The van der Waals surface area contributed by atoms with Crippen LogP contribution in [0.15, 0.2) is 0 Å². The molecule has 0 aromatic rings. The van der Waals surface area contributed by atoms with Gasteiger partial charge in [0, 0.05) is 6.04 Å². The third kappa shape index (κ3) is 1.04. The summed E-state index contributed by atoms with van der Waals surface area (Å²) in [5, 5.41) is 3.03. The van der Waals surface area contributed by atoms with E-state index in [0.717, 1.165) is 12.3 Å². The van der Waals surface area contributed by atoms with Crippen LogP contribution in [0.2, 0.25) is 0 Å². The molecule has 0 radical (unpaired) electrons. The van der Waals surface area contributed by atoms with Crippen molar-refractivity contribution in [3.8, 4) is 0 Å². The normalized spacial score (nSPS) is 46.4. The minimum absolute atomic E-state index is 0.300. The summed E-state index contributed by atoms with van der Waals surface area (Å²) in [4.78, 5) is 10.6. The maximum absolute atomic E-state index is 10.6. The lowest BCUT2D eigenvalue weighted by atomic mass is 9.68. The Morgan fingerprint density at radius 3 is 2.54 bits per heavy atom. The van der Waals surface area contributed by atoms with Crippen molar-refractivity contribution in [2.45, 2.75) is 46.1 Å². The smallest absolute Gasteiger partial charge is 0.207 e. The van der Waals surface area contributed by atoms with E-state index in [2.05, 4.69) is 26.1 Å². The van der Waals surface area contributed by atoms with Gasteiger partial charge in [-0.15, -0.1) is 0 Å². The van der Waals surface area contributed by atoms with Crippen LogP contribution in [0.3, 0.4) is 0 Å². The fraction of sp³-hybridized carbons (Fsp3) is 0.909. The third-order valence-corrected chi connectivity index (χ3v) is 4.50. The summed E-state index contributed by atoms with van der Waals surface area (Å²) in [5.74, 6) is 0.815. The Balaban J connectivity index is 2.28. The van der Waals surface area contributed by atoms with Crippen molar-refractivity contribution in [2.75, 3.05) is 0 Å². The standard InChI is InChI=1S/C11H19NO/c1-10(2)8-4-5-11(3,6-8)9(10)12-7-13/h7-9H,4-6H2,1-3H3,(H,12,13)/t8-,9-,11+/m0/s1. The van der Waals surface area contributed by atoms with Gasteiger partial charge in [0.25, 0.3) is 0 Å². The monoisotopic (exact) mass is 181 g/mol. The van der Waals surface area contributed by atoms with Crippen LogP contribution in [0, 0.1) is 16.7 Å². The summed E-state index contributed by atoms with van der Waals surface area (Å²) in [6, 6.07) is 0.385. The highest BCUT2D eigenvalue weighted by atomic mass is 16.1. The molecule has 2 bridgehead atoms. The van der Waals surface area contributed by atoms with Crippen molar-refractivity contribution in [1.82, 2.24) is 5.32 Å². The molecule has 0 aliphatic heterocycles. The van der Waals surface area contributed by atoms with Gasteiger partial charge in [-0.25, -0.2) is 0 Å². The molecule has 2 heteroatoms. The summed E-state index contributed by atoms with van der Waals surface area (Å²) in [5.41, 5.74) is 0.670. The summed E-state index contributed by atoms with van der Waals surface area (Å²) in [6.07, 6.45) is 4.80. The van der Waals surface area contributed by atoms with Gasteiger partial charge in [-0.3, -0.25) is 4.79 Å². The molecule has 2 saturated carbocycles. The van der Waals surface area contributed by atoms with Crippen molar-refractivity contribution < 1.29 is 4.79 Å². The Bertz CT molecular complexity index is 231. The molecule has 0 heterocycles.